The fourth-order valence-corrected chi connectivity index (χ4v) is 2.97. The third-order valence-electron chi connectivity index (χ3n) is 4.04. The number of aliphatic carboxylic acids is 1. The van der Waals surface area contributed by atoms with Crippen LogP contribution in [0.5, 0.6) is 0 Å². The van der Waals surface area contributed by atoms with Crippen LogP contribution in [0.2, 0.25) is 0 Å². The van der Waals surface area contributed by atoms with Crippen molar-refractivity contribution in [1.29, 1.82) is 0 Å². The lowest BCUT2D eigenvalue weighted by Gasteiger charge is -2.34. The zero-order valence-electron chi connectivity index (χ0n) is 11.5. The largest absolute Gasteiger partial charge is 0.481 e. The average molecular weight is 283 g/mol. The van der Waals surface area contributed by atoms with Crippen molar-refractivity contribution in [3.8, 4) is 0 Å². The molecule has 1 N–H and O–H groups in total. The molecule has 0 saturated carbocycles. The van der Waals surface area contributed by atoms with Crippen LogP contribution in [0.15, 0.2) is 12.7 Å². The van der Waals surface area contributed by atoms with Crippen LogP contribution in [0, 0.1) is 11.8 Å². The van der Waals surface area contributed by atoms with Crippen molar-refractivity contribution in [3.05, 3.63) is 12.7 Å². The lowest BCUT2D eigenvalue weighted by molar-refractivity contribution is -0.145. The molecule has 2 atom stereocenters. The monoisotopic (exact) mass is 283 g/mol. The Hall–Kier alpha value is -1.56. The van der Waals surface area contributed by atoms with Gasteiger partial charge in [-0.2, -0.15) is 0 Å². The fourth-order valence-electron chi connectivity index (χ4n) is 2.97. The van der Waals surface area contributed by atoms with Gasteiger partial charge in [-0.25, -0.2) is 4.79 Å². The van der Waals surface area contributed by atoms with E-state index in [0.29, 0.717) is 26.1 Å². The molecule has 0 aromatic heterocycles. The van der Waals surface area contributed by atoms with E-state index in [0.717, 1.165) is 12.8 Å². The number of carboxylic acid groups (broad SMARTS) is 1. The first kappa shape index (κ1) is 14.8. The second-order valence-corrected chi connectivity index (χ2v) is 5.26. The van der Waals surface area contributed by atoms with E-state index in [1.54, 1.807) is 4.90 Å². The molecule has 2 fully saturated rings. The molecular weight excluding hydrogens is 262 g/mol. The molecule has 2 saturated heterocycles. The highest BCUT2D eigenvalue weighted by molar-refractivity contribution is 5.71. The maximum Gasteiger partial charge on any atom is 0.410 e. The minimum atomic E-state index is -0.777. The van der Waals surface area contributed by atoms with E-state index in [2.05, 4.69) is 6.58 Å². The molecule has 112 valence electrons. The molecular formula is C14H21NO5. The van der Waals surface area contributed by atoms with E-state index in [1.165, 1.54) is 6.08 Å². The summed E-state index contributed by atoms with van der Waals surface area (Å²) in [5.74, 6) is -0.971. The van der Waals surface area contributed by atoms with Gasteiger partial charge in [-0.15, -0.1) is 0 Å². The number of amides is 1. The second kappa shape index (κ2) is 6.74. The molecule has 6 nitrogen and oxygen atoms in total. The van der Waals surface area contributed by atoms with Gasteiger partial charge in [-0.05, 0) is 25.2 Å². The molecule has 0 aromatic rings. The van der Waals surface area contributed by atoms with Crippen LogP contribution >= 0.6 is 0 Å². The standard InChI is InChI=1S/C14H21NO5/c1-2-8-20-14(18)15-6-3-10(4-7-15)12-11(13(16)17)5-9-19-12/h2,10-12H,1,3-9H2,(H,16,17)/t11-,12+/m1/s1. The van der Waals surface area contributed by atoms with Gasteiger partial charge in [0.2, 0.25) is 0 Å². The van der Waals surface area contributed by atoms with Gasteiger partial charge in [0.1, 0.15) is 6.61 Å². The van der Waals surface area contributed by atoms with Gasteiger partial charge in [0.05, 0.1) is 12.0 Å². The van der Waals surface area contributed by atoms with Gasteiger partial charge < -0.3 is 19.5 Å². The lowest BCUT2D eigenvalue weighted by atomic mass is 9.84. The first-order valence-corrected chi connectivity index (χ1v) is 7.00. The molecule has 0 aromatic carbocycles. The summed E-state index contributed by atoms with van der Waals surface area (Å²) in [4.78, 5) is 24.5. The zero-order chi connectivity index (χ0) is 14.5. The Morgan fingerprint density at radius 1 is 1.35 bits per heavy atom. The molecule has 2 aliphatic heterocycles. The Labute approximate surface area is 118 Å². The summed E-state index contributed by atoms with van der Waals surface area (Å²) in [6, 6.07) is 0. The predicted octanol–water partition coefficient (Wildman–Crippen LogP) is 1.51. The maximum atomic E-state index is 11.7. The van der Waals surface area contributed by atoms with Gasteiger partial charge in [0.15, 0.2) is 0 Å². The number of carbonyl (C=O) groups excluding carboxylic acids is 1. The third kappa shape index (κ3) is 3.30. The van der Waals surface area contributed by atoms with Crippen LogP contribution < -0.4 is 0 Å². The number of hydrogen-bond acceptors (Lipinski definition) is 4. The second-order valence-electron chi connectivity index (χ2n) is 5.26. The fraction of sp³-hybridized carbons (Fsp3) is 0.714. The number of rotatable bonds is 4. The molecule has 2 rings (SSSR count). The van der Waals surface area contributed by atoms with Crippen molar-refractivity contribution >= 4 is 12.1 Å². The van der Waals surface area contributed by atoms with Crippen LogP contribution in [-0.4, -0.2) is 54.5 Å². The smallest absolute Gasteiger partial charge is 0.410 e. The molecule has 0 radical (unpaired) electrons. The van der Waals surface area contributed by atoms with Crippen molar-refractivity contribution in [1.82, 2.24) is 4.90 Å². The highest BCUT2D eigenvalue weighted by Crippen LogP contribution is 2.33. The first-order valence-electron chi connectivity index (χ1n) is 7.00. The highest BCUT2D eigenvalue weighted by atomic mass is 16.6. The third-order valence-corrected chi connectivity index (χ3v) is 4.04. The SMILES string of the molecule is C=CCOC(=O)N1CCC([C@@H]2OCC[C@H]2C(=O)O)CC1. The zero-order valence-corrected chi connectivity index (χ0v) is 11.5. The predicted molar refractivity (Wildman–Crippen MR) is 71.3 cm³/mol. The van der Waals surface area contributed by atoms with E-state index in [-0.39, 0.29) is 24.7 Å². The van der Waals surface area contributed by atoms with E-state index < -0.39 is 11.9 Å². The number of piperidine rings is 1. The molecule has 6 heteroatoms. The molecule has 1 amide bonds. The van der Waals surface area contributed by atoms with E-state index in [4.69, 9.17) is 9.47 Å². The number of hydrogen-bond donors (Lipinski definition) is 1. The maximum absolute atomic E-state index is 11.7. The van der Waals surface area contributed by atoms with Crippen LogP contribution in [0.1, 0.15) is 19.3 Å². The minimum Gasteiger partial charge on any atom is -0.481 e. The molecule has 0 bridgehead atoms. The summed E-state index contributed by atoms with van der Waals surface area (Å²) in [5, 5.41) is 9.18. The number of likely N-dealkylation sites (tertiary alicyclic amines) is 1. The van der Waals surface area contributed by atoms with Gasteiger partial charge in [-0.3, -0.25) is 4.79 Å². The van der Waals surface area contributed by atoms with Gasteiger partial charge >= 0.3 is 12.1 Å². The van der Waals surface area contributed by atoms with Crippen molar-refractivity contribution in [2.75, 3.05) is 26.3 Å². The summed E-state index contributed by atoms with van der Waals surface area (Å²) in [6.45, 7) is 5.41. The Morgan fingerprint density at radius 2 is 2.05 bits per heavy atom. The molecule has 0 unspecified atom stereocenters. The Kier molecular flexibility index (Phi) is 5.00. The summed E-state index contributed by atoms with van der Waals surface area (Å²) < 4.78 is 10.6. The quantitative estimate of drug-likeness (QED) is 0.791. The van der Waals surface area contributed by atoms with Crippen molar-refractivity contribution in [2.45, 2.75) is 25.4 Å². The van der Waals surface area contributed by atoms with Gasteiger partial charge in [-0.1, -0.05) is 12.7 Å². The van der Waals surface area contributed by atoms with E-state index >= 15 is 0 Å². The summed E-state index contributed by atoms with van der Waals surface area (Å²) in [5.41, 5.74) is 0. The summed E-state index contributed by atoms with van der Waals surface area (Å²) in [7, 11) is 0. The van der Waals surface area contributed by atoms with Gasteiger partial charge in [0.25, 0.3) is 0 Å². The Balaban J connectivity index is 1.83. The van der Waals surface area contributed by atoms with Crippen LogP contribution in [0.25, 0.3) is 0 Å². The number of ether oxygens (including phenoxy) is 2. The minimum absolute atomic E-state index is 0.209. The molecule has 2 aliphatic rings. The number of nitrogens with zero attached hydrogens (tertiary/aromatic N) is 1. The van der Waals surface area contributed by atoms with Crippen molar-refractivity contribution in [3.63, 3.8) is 0 Å². The Morgan fingerprint density at radius 3 is 2.65 bits per heavy atom. The number of carboxylic acids is 1. The first-order chi connectivity index (χ1) is 9.63. The lowest BCUT2D eigenvalue weighted by Crippen LogP contribution is -2.43. The molecule has 2 heterocycles. The Bertz CT molecular complexity index is 376. The van der Waals surface area contributed by atoms with Gasteiger partial charge in [0, 0.05) is 19.7 Å². The molecule has 20 heavy (non-hydrogen) atoms. The van der Waals surface area contributed by atoms with Crippen LogP contribution in [0.3, 0.4) is 0 Å². The number of carbonyl (C=O) groups is 2. The van der Waals surface area contributed by atoms with E-state index in [1.807, 2.05) is 0 Å². The topological polar surface area (TPSA) is 76.1 Å². The average Bonchev–Trinajstić information content (AvgIpc) is 2.94. The molecule has 0 aliphatic carbocycles. The van der Waals surface area contributed by atoms with Crippen molar-refractivity contribution < 1.29 is 24.2 Å². The van der Waals surface area contributed by atoms with E-state index in [9.17, 15) is 14.7 Å². The molecule has 0 spiro atoms. The highest BCUT2D eigenvalue weighted by Gasteiger charge is 2.40. The van der Waals surface area contributed by atoms with Crippen LogP contribution in [-0.2, 0) is 14.3 Å². The summed E-state index contributed by atoms with van der Waals surface area (Å²) >= 11 is 0. The normalized spacial score (nSPS) is 27.3. The van der Waals surface area contributed by atoms with Crippen molar-refractivity contribution in [2.24, 2.45) is 11.8 Å². The van der Waals surface area contributed by atoms with Crippen LogP contribution in [0.4, 0.5) is 4.79 Å². The summed E-state index contributed by atoms with van der Waals surface area (Å²) in [6.07, 6.45) is 3.11.